The standard InChI is InChI=1S/C14H23N3/c1-2-16-13-9-14(11-15-10-13)17-8-7-12-5-3-4-6-12/h9-12,16-17H,2-8H2,1H3. The number of nitrogens with zero attached hydrogens (tertiary/aromatic N) is 1. The Morgan fingerprint density at radius 2 is 1.88 bits per heavy atom. The van der Waals surface area contributed by atoms with Crippen LogP contribution < -0.4 is 10.6 Å². The summed E-state index contributed by atoms with van der Waals surface area (Å²) in [7, 11) is 0. The van der Waals surface area contributed by atoms with E-state index in [2.05, 4.69) is 28.6 Å². The average molecular weight is 233 g/mol. The van der Waals surface area contributed by atoms with Gasteiger partial charge in [0.05, 0.1) is 23.8 Å². The number of aromatic nitrogens is 1. The third-order valence-corrected chi connectivity index (χ3v) is 3.48. The Labute approximate surface area is 104 Å². The number of nitrogens with one attached hydrogen (secondary N) is 2. The van der Waals surface area contributed by atoms with Crippen LogP contribution in [0.15, 0.2) is 18.5 Å². The third-order valence-electron chi connectivity index (χ3n) is 3.48. The van der Waals surface area contributed by atoms with Gasteiger partial charge in [0.2, 0.25) is 0 Å². The van der Waals surface area contributed by atoms with Crippen LogP contribution in [0.25, 0.3) is 0 Å². The van der Waals surface area contributed by atoms with Gasteiger partial charge in [-0.3, -0.25) is 4.98 Å². The third kappa shape index (κ3) is 3.91. The Kier molecular flexibility index (Phi) is 4.65. The van der Waals surface area contributed by atoms with Gasteiger partial charge in [0, 0.05) is 13.1 Å². The van der Waals surface area contributed by atoms with Gasteiger partial charge in [0.15, 0.2) is 0 Å². The number of anilines is 2. The molecule has 2 rings (SSSR count). The molecule has 1 aliphatic carbocycles. The van der Waals surface area contributed by atoms with Gasteiger partial charge in [-0.15, -0.1) is 0 Å². The number of rotatable bonds is 6. The van der Waals surface area contributed by atoms with Gasteiger partial charge in [0.1, 0.15) is 0 Å². The van der Waals surface area contributed by atoms with Crippen molar-refractivity contribution in [3.63, 3.8) is 0 Å². The largest absolute Gasteiger partial charge is 0.384 e. The topological polar surface area (TPSA) is 37.0 Å². The number of pyridine rings is 1. The summed E-state index contributed by atoms with van der Waals surface area (Å²) in [6.45, 7) is 4.11. The van der Waals surface area contributed by atoms with E-state index in [0.29, 0.717) is 0 Å². The molecule has 3 nitrogen and oxygen atoms in total. The van der Waals surface area contributed by atoms with Gasteiger partial charge in [-0.2, -0.15) is 0 Å². The van der Waals surface area contributed by atoms with Gasteiger partial charge < -0.3 is 10.6 Å². The smallest absolute Gasteiger partial charge is 0.0547 e. The van der Waals surface area contributed by atoms with E-state index in [1.807, 2.05) is 12.4 Å². The summed E-state index contributed by atoms with van der Waals surface area (Å²) in [6, 6.07) is 2.13. The molecule has 0 saturated heterocycles. The first-order valence-corrected chi connectivity index (χ1v) is 6.81. The maximum atomic E-state index is 4.23. The molecule has 1 heterocycles. The van der Waals surface area contributed by atoms with Crippen LogP contribution in [0.2, 0.25) is 0 Å². The van der Waals surface area contributed by atoms with Crippen molar-refractivity contribution >= 4 is 11.4 Å². The Balaban J connectivity index is 1.75. The summed E-state index contributed by atoms with van der Waals surface area (Å²) < 4.78 is 0. The number of hydrogen-bond acceptors (Lipinski definition) is 3. The first-order chi connectivity index (χ1) is 8.38. The lowest BCUT2D eigenvalue weighted by Gasteiger charge is -2.11. The summed E-state index contributed by atoms with van der Waals surface area (Å²) in [5.74, 6) is 0.951. The van der Waals surface area contributed by atoms with Crippen LogP contribution in [0.1, 0.15) is 39.0 Å². The molecule has 0 aromatic carbocycles. The maximum absolute atomic E-state index is 4.23. The highest BCUT2D eigenvalue weighted by Gasteiger charge is 2.13. The molecule has 1 aliphatic rings. The van der Waals surface area contributed by atoms with E-state index in [1.54, 1.807) is 0 Å². The van der Waals surface area contributed by atoms with Crippen LogP contribution >= 0.6 is 0 Å². The molecule has 17 heavy (non-hydrogen) atoms. The first kappa shape index (κ1) is 12.2. The lowest BCUT2D eigenvalue weighted by Crippen LogP contribution is -2.07. The predicted octanol–water partition coefficient (Wildman–Crippen LogP) is 3.51. The number of hydrogen-bond donors (Lipinski definition) is 2. The van der Waals surface area contributed by atoms with Crippen LogP contribution in [0.5, 0.6) is 0 Å². The molecule has 0 unspecified atom stereocenters. The fourth-order valence-corrected chi connectivity index (χ4v) is 2.56. The molecule has 1 fully saturated rings. The van der Waals surface area contributed by atoms with Gasteiger partial charge >= 0.3 is 0 Å². The van der Waals surface area contributed by atoms with Crippen LogP contribution in [0, 0.1) is 5.92 Å². The van der Waals surface area contributed by atoms with Crippen molar-refractivity contribution in [3.8, 4) is 0 Å². The summed E-state index contributed by atoms with van der Waals surface area (Å²) in [5.41, 5.74) is 2.22. The fraction of sp³-hybridized carbons (Fsp3) is 0.643. The summed E-state index contributed by atoms with van der Waals surface area (Å²) >= 11 is 0. The predicted molar refractivity (Wildman–Crippen MR) is 73.5 cm³/mol. The van der Waals surface area contributed by atoms with Gasteiger partial charge in [-0.05, 0) is 25.3 Å². The van der Waals surface area contributed by atoms with Crippen LogP contribution in [-0.2, 0) is 0 Å². The van der Waals surface area contributed by atoms with Crippen molar-refractivity contribution in [3.05, 3.63) is 18.5 Å². The molecule has 0 radical (unpaired) electrons. The average Bonchev–Trinajstić information content (AvgIpc) is 2.83. The van der Waals surface area contributed by atoms with Crippen molar-refractivity contribution in [2.45, 2.75) is 39.0 Å². The van der Waals surface area contributed by atoms with Crippen molar-refractivity contribution < 1.29 is 0 Å². The molecule has 0 spiro atoms. The summed E-state index contributed by atoms with van der Waals surface area (Å²) in [5, 5.41) is 6.74. The fourth-order valence-electron chi connectivity index (χ4n) is 2.56. The second-order valence-electron chi connectivity index (χ2n) is 4.86. The van der Waals surface area contributed by atoms with E-state index in [4.69, 9.17) is 0 Å². The molecule has 94 valence electrons. The van der Waals surface area contributed by atoms with Crippen molar-refractivity contribution in [2.24, 2.45) is 5.92 Å². The van der Waals surface area contributed by atoms with Gasteiger partial charge in [-0.25, -0.2) is 0 Å². The molecular weight excluding hydrogens is 210 g/mol. The Hall–Kier alpha value is -1.25. The molecule has 0 atom stereocenters. The monoisotopic (exact) mass is 233 g/mol. The van der Waals surface area contributed by atoms with E-state index in [9.17, 15) is 0 Å². The highest BCUT2D eigenvalue weighted by molar-refractivity contribution is 5.53. The molecule has 0 aliphatic heterocycles. The highest BCUT2D eigenvalue weighted by Crippen LogP contribution is 2.27. The van der Waals surface area contributed by atoms with Crippen molar-refractivity contribution in [1.82, 2.24) is 4.98 Å². The van der Waals surface area contributed by atoms with Crippen molar-refractivity contribution in [1.29, 1.82) is 0 Å². The Morgan fingerprint density at radius 1 is 1.18 bits per heavy atom. The molecule has 1 aromatic rings. The molecule has 0 amide bonds. The molecule has 2 N–H and O–H groups in total. The molecule has 1 aromatic heterocycles. The minimum absolute atomic E-state index is 0.938. The van der Waals surface area contributed by atoms with E-state index in [1.165, 1.54) is 32.1 Å². The minimum atomic E-state index is 0.938. The zero-order valence-electron chi connectivity index (χ0n) is 10.7. The summed E-state index contributed by atoms with van der Waals surface area (Å²) in [6.07, 6.45) is 10.8. The first-order valence-electron chi connectivity index (χ1n) is 6.81. The minimum Gasteiger partial charge on any atom is -0.384 e. The Morgan fingerprint density at radius 3 is 2.59 bits per heavy atom. The summed E-state index contributed by atoms with van der Waals surface area (Å²) in [4.78, 5) is 4.23. The lowest BCUT2D eigenvalue weighted by atomic mass is 10.0. The van der Waals surface area contributed by atoms with E-state index in [-0.39, 0.29) is 0 Å². The SMILES string of the molecule is CCNc1cncc(NCCC2CCCC2)c1. The van der Waals surface area contributed by atoms with E-state index < -0.39 is 0 Å². The van der Waals surface area contributed by atoms with E-state index in [0.717, 1.165) is 30.4 Å². The van der Waals surface area contributed by atoms with Crippen LogP contribution in [-0.4, -0.2) is 18.1 Å². The molecular formula is C14H23N3. The normalized spacial score (nSPS) is 16.1. The molecule has 3 heteroatoms. The Bertz CT molecular complexity index is 332. The van der Waals surface area contributed by atoms with Crippen LogP contribution in [0.4, 0.5) is 11.4 Å². The second-order valence-corrected chi connectivity index (χ2v) is 4.86. The molecule has 0 bridgehead atoms. The van der Waals surface area contributed by atoms with Gasteiger partial charge in [-0.1, -0.05) is 25.7 Å². The van der Waals surface area contributed by atoms with E-state index >= 15 is 0 Å². The van der Waals surface area contributed by atoms with Crippen LogP contribution in [0.3, 0.4) is 0 Å². The highest BCUT2D eigenvalue weighted by atomic mass is 14.9. The molecule has 1 saturated carbocycles. The maximum Gasteiger partial charge on any atom is 0.0547 e. The zero-order chi connectivity index (χ0) is 11.9. The van der Waals surface area contributed by atoms with Gasteiger partial charge in [0.25, 0.3) is 0 Å². The van der Waals surface area contributed by atoms with Crippen molar-refractivity contribution in [2.75, 3.05) is 23.7 Å². The zero-order valence-corrected chi connectivity index (χ0v) is 10.7. The lowest BCUT2D eigenvalue weighted by molar-refractivity contribution is 0.518. The quantitative estimate of drug-likeness (QED) is 0.789. The second kappa shape index (κ2) is 6.48.